The van der Waals surface area contributed by atoms with E-state index >= 15 is 0 Å². The van der Waals surface area contributed by atoms with Crippen molar-refractivity contribution in [1.82, 2.24) is 9.55 Å². The highest BCUT2D eigenvalue weighted by Crippen LogP contribution is 2.32. The molecule has 1 amide bonds. The maximum Gasteiger partial charge on any atom is 0.269 e. The van der Waals surface area contributed by atoms with Crippen molar-refractivity contribution in [3.8, 4) is 11.1 Å². The van der Waals surface area contributed by atoms with E-state index < -0.39 is 11.0 Å². The quantitative estimate of drug-likeness (QED) is 0.347. The third-order valence-corrected chi connectivity index (χ3v) is 6.45. The number of hydrogen-bond acceptors (Lipinski definition) is 6. The van der Waals surface area contributed by atoms with Crippen molar-refractivity contribution in [1.29, 1.82) is 0 Å². The van der Waals surface area contributed by atoms with E-state index in [9.17, 15) is 19.7 Å². The zero-order chi connectivity index (χ0) is 23.0. The van der Waals surface area contributed by atoms with Crippen LogP contribution in [-0.2, 0) is 4.79 Å². The van der Waals surface area contributed by atoms with Crippen molar-refractivity contribution in [2.24, 2.45) is 0 Å². The standard InChI is InChI=1S/C23H20N4O4S/c1-13-5-4-6-19(14(13)2)25-21(28)15(3)26-12-24-22-20(23(26)29)18(11-32-22)16-7-9-17(10-8-16)27(30)31/h4-12,15H,1-3H3,(H,25,28). The van der Waals surface area contributed by atoms with Gasteiger partial charge in [-0.3, -0.25) is 24.3 Å². The van der Waals surface area contributed by atoms with Gasteiger partial charge in [0.15, 0.2) is 0 Å². The lowest BCUT2D eigenvalue weighted by atomic mass is 10.1. The lowest BCUT2D eigenvalue weighted by Crippen LogP contribution is -2.32. The topological polar surface area (TPSA) is 107 Å². The van der Waals surface area contributed by atoms with Crippen LogP contribution in [0.15, 0.2) is 59.0 Å². The molecule has 0 aliphatic heterocycles. The first-order valence-electron chi connectivity index (χ1n) is 9.88. The van der Waals surface area contributed by atoms with Crippen LogP contribution >= 0.6 is 11.3 Å². The molecular weight excluding hydrogens is 428 g/mol. The summed E-state index contributed by atoms with van der Waals surface area (Å²) in [5.41, 5.74) is 3.66. The summed E-state index contributed by atoms with van der Waals surface area (Å²) < 4.78 is 1.31. The van der Waals surface area contributed by atoms with Gasteiger partial charge in [0.05, 0.1) is 16.6 Å². The SMILES string of the molecule is Cc1cccc(NC(=O)C(C)n2cnc3scc(-c4ccc([N+](=O)[O-])cc4)c3c2=O)c1C. The molecule has 0 saturated carbocycles. The third kappa shape index (κ3) is 3.78. The van der Waals surface area contributed by atoms with Gasteiger partial charge in [0.2, 0.25) is 5.91 Å². The number of fused-ring (bicyclic) bond motifs is 1. The number of aromatic nitrogens is 2. The maximum atomic E-state index is 13.3. The number of carbonyl (C=O) groups is 1. The summed E-state index contributed by atoms with van der Waals surface area (Å²) in [6.45, 7) is 5.54. The van der Waals surface area contributed by atoms with Crippen molar-refractivity contribution in [2.45, 2.75) is 26.8 Å². The molecule has 32 heavy (non-hydrogen) atoms. The average Bonchev–Trinajstić information content (AvgIpc) is 3.22. The van der Waals surface area contributed by atoms with Gasteiger partial charge >= 0.3 is 0 Å². The minimum absolute atomic E-state index is 0.0273. The van der Waals surface area contributed by atoms with Gasteiger partial charge in [-0.1, -0.05) is 12.1 Å². The van der Waals surface area contributed by atoms with Crippen LogP contribution in [0.5, 0.6) is 0 Å². The van der Waals surface area contributed by atoms with Gasteiger partial charge in [0, 0.05) is 28.8 Å². The fourth-order valence-electron chi connectivity index (χ4n) is 3.45. The minimum atomic E-state index is -0.788. The second-order valence-corrected chi connectivity index (χ2v) is 8.36. The highest BCUT2D eigenvalue weighted by atomic mass is 32.1. The van der Waals surface area contributed by atoms with Gasteiger partial charge in [-0.2, -0.15) is 0 Å². The number of non-ortho nitro benzene ring substituents is 1. The average molecular weight is 449 g/mol. The van der Waals surface area contributed by atoms with E-state index in [4.69, 9.17) is 0 Å². The van der Waals surface area contributed by atoms with E-state index in [2.05, 4.69) is 10.3 Å². The second kappa shape index (κ2) is 8.35. The third-order valence-electron chi connectivity index (χ3n) is 5.57. The van der Waals surface area contributed by atoms with Gasteiger partial charge in [-0.15, -0.1) is 11.3 Å². The molecule has 0 fully saturated rings. The Labute approximate surface area is 187 Å². The Balaban J connectivity index is 1.71. The molecule has 0 radical (unpaired) electrons. The Morgan fingerprint density at radius 1 is 1.19 bits per heavy atom. The molecule has 2 heterocycles. The molecule has 2 aromatic carbocycles. The first-order valence-corrected chi connectivity index (χ1v) is 10.8. The van der Waals surface area contributed by atoms with Crippen molar-refractivity contribution in [2.75, 3.05) is 5.32 Å². The fraction of sp³-hybridized carbons (Fsp3) is 0.174. The van der Waals surface area contributed by atoms with Crippen molar-refractivity contribution in [3.63, 3.8) is 0 Å². The van der Waals surface area contributed by atoms with E-state index in [0.717, 1.165) is 11.1 Å². The van der Waals surface area contributed by atoms with Crippen LogP contribution in [0.25, 0.3) is 21.3 Å². The molecule has 1 N–H and O–H groups in total. The fourth-order valence-corrected chi connectivity index (χ4v) is 4.35. The van der Waals surface area contributed by atoms with E-state index in [-0.39, 0.29) is 17.2 Å². The summed E-state index contributed by atoms with van der Waals surface area (Å²) in [6.07, 6.45) is 1.38. The van der Waals surface area contributed by atoms with Crippen LogP contribution in [0.1, 0.15) is 24.1 Å². The molecule has 1 atom stereocenters. The van der Waals surface area contributed by atoms with Gasteiger partial charge in [-0.05, 0) is 55.7 Å². The molecule has 0 saturated heterocycles. The Morgan fingerprint density at radius 2 is 1.91 bits per heavy atom. The first kappa shape index (κ1) is 21.4. The Kier molecular flexibility index (Phi) is 5.58. The van der Waals surface area contributed by atoms with Crippen LogP contribution in [-0.4, -0.2) is 20.4 Å². The summed E-state index contributed by atoms with van der Waals surface area (Å²) in [6, 6.07) is 10.9. The Hall–Kier alpha value is -3.85. The number of benzene rings is 2. The van der Waals surface area contributed by atoms with Crippen LogP contribution in [0, 0.1) is 24.0 Å². The largest absolute Gasteiger partial charge is 0.324 e. The number of nitrogens with one attached hydrogen (secondary N) is 1. The zero-order valence-electron chi connectivity index (χ0n) is 17.7. The molecule has 0 spiro atoms. The number of anilines is 1. The number of hydrogen-bond donors (Lipinski definition) is 1. The minimum Gasteiger partial charge on any atom is -0.324 e. The van der Waals surface area contributed by atoms with Crippen molar-refractivity contribution >= 4 is 38.8 Å². The number of nitro benzene ring substituents is 1. The monoisotopic (exact) mass is 448 g/mol. The van der Waals surface area contributed by atoms with Crippen LogP contribution in [0.3, 0.4) is 0 Å². The molecule has 162 valence electrons. The lowest BCUT2D eigenvalue weighted by Gasteiger charge is -2.16. The summed E-state index contributed by atoms with van der Waals surface area (Å²) in [4.78, 5) is 41.6. The first-order chi connectivity index (χ1) is 15.3. The van der Waals surface area contributed by atoms with E-state index in [1.54, 1.807) is 24.4 Å². The zero-order valence-corrected chi connectivity index (χ0v) is 18.5. The summed E-state index contributed by atoms with van der Waals surface area (Å²) in [7, 11) is 0. The number of carbonyl (C=O) groups excluding carboxylic acids is 1. The number of amides is 1. The van der Waals surface area contributed by atoms with E-state index in [1.165, 1.54) is 34.4 Å². The maximum absolute atomic E-state index is 13.3. The van der Waals surface area contributed by atoms with E-state index in [0.29, 0.717) is 27.0 Å². The molecule has 4 rings (SSSR count). The number of thiophene rings is 1. The van der Waals surface area contributed by atoms with Crippen molar-refractivity contribution < 1.29 is 9.72 Å². The predicted molar refractivity (Wildman–Crippen MR) is 125 cm³/mol. The number of aryl methyl sites for hydroxylation is 1. The number of nitrogens with zero attached hydrogens (tertiary/aromatic N) is 3. The summed E-state index contributed by atoms with van der Waals surface area (Å²) >= 11 is 1.31. The second-order valence-electron chi connectivity index (χ2n) is 7.50. The molecule has 4 aromatic rings. The molecule has 0 aliphatic rings. The van der Waals surface area contributed by atoms with Crippen LogP contribution < -0.4 is 10.9 Å². The lowest BCUT2D eigenvalue weighted by molar-refractivity contribution is -0.384. The van der Waals surface area contributed by atoms with Crippen molar-refractivity contribution in [3.05, 3.63) is 85.8 Å². The predicted octanol–water partition coefficient (Wildman–Crippen LogP) is 4.85. The van der Waals surface area contributed by atoms with Crippen LogP contribution in [0.4, 0.5) is 11.4 Å². The molecule has 8 nitrogen and oxygen atoms in total. The number of nitro groups is 1. The van der Waals surface area contributed by atoms with Gasteiger partial charge < -0.3 is 5.32 Å². The van der Waals surface area contributed by atoms with Gasteiger partial charge in [0.1, 0.15) is 10.9 Å². The normalized spacial score (nSPS) is 12.0. The number of rotatable bonds is 5. The highest BCUT2D eigenvalue weighted by Gasteiger charge is 2.21. The molecule has 0 bridgehead atoms. The summed E-state index contributed by atoms with van der Waals surface area (Å²) in [5, 5.41) is 16.0. The molecule has 9 heteroatoms. The van der Waals surface area contributed by atoms with E-state index in [1.807, 2.05) is 32.0 Å². The Bertz CT molecular complexity index is 1410. The molecule has 1 unspecified atom stereocenters. The molecular formula is C23H20N4O4S. The van der Waals surface area contributed by atoms with Gasteiger partial charge in [-0.25, -0.2) is 4.98 Å². The highest BCUT2D eigenvalue weighted by molar-refractivity contribution is 7.17. The smallest absolute Gasteiger partial charge is 0.269 e. The Morgan fingerprint density at radius 3 is 2.59 bits per heavy atom. The van der Waals surface area contributed by atoms with Crippen LogP contribution in [0.2, 0.25) is 0 Å². The summed E-state index contributed by atoms with van der Waals surface area (Å²) in [5.74, 6) is -0.325. The molecule has 0 aliphatic carbocycles. The van der Waals surface area contributed by atoms with Gasteiger partial charge in [0.25, 0.3) is 11.2 Å². The molecule has 2 aromatic heterocycles.